The summed E-state index contributed by atoms with van der Waals surface area (Å²) >= 11 is 6.29. The molecule has 2 N–H and O–H groups in total. The standard InChI is InChI=1S/C17H29ClN2/c1-13(2)8-10-20(11-9-14(3)4)12-15-16(18)6-5-7-17(15)19/h5-7,13-14H,8-12,19H2,1-4H3. The summed E-state index contributed by atoms with van der Waals surface area (Å²) in [5.41, 5.74) is 7.94. The number of nitrogens with two attached hydrogens (primary N) is 1. The summed E-state index contributed by atoms with van der Waals surface area (Å²) in [6, 6.07) is 5.77. The normalized spacial score (nSPS) is 11.8. The van der Waals surface area contributed by atoms with Gasteiger partial charge in [-0.2, -0.15) is 0 Å². The third-order valence-corrected chi connectivity index (χ3v) is 3.94. The summed E-state index contributed by atoms with van der Waals surface area (Å²) in [6.45, 7) is 12.1. The fraction of sp³-hybridized carbons (Fsp3) is 0.647. The molecule has 0 heterocycles. The predicted octanol–water partition coefficient (Wildman–Crippen LogP) is 4.82. The van der Waals surface area contributed by atoms with Gasteiger partial charge in [0.15, 0.2) is 0 Å². The summed E-state index contributed by atoms with van der Waals surface area (Å²) < 4.78 is 0. The molecule has 0 saturated carbocycles. The highest BCUT2D eigenvalue weighted by Crippen LogP contribution is 2.24. The number of benzene rings is 1. The maximum Gasteiger partial charge on any atom is 0.0471 e. The minimum absolute atomic E-state index is 0.722. The van der Waals surface area contributed by atoms with Gasteiger partial charge in [0, 0.05) is 22.8 Å². The average molecular weight is 297 g/mol. The van der Waals surface area contributed by atoms with Crippen LogP contribution in [0.25, 0.3) is 0 Å². The molecule has 0 aliphatic heterocycles. The molecular weight excluding hydrogens is 268 g/mol. The quantitative estimate of drug-likeness (QED) is 0.697. The lowest BCUT2D eigenvalue weighted by Crippen LogP contribution is -2.28. The van der Waals surface area contributed by atoms with Crippen molar-refractivity contribution in [1.29, 1.82) is 0 Å². The highest BCUT2D eigenvalue weighted by molar-refractivity contribution is 6.31. The lowest BCUT2D eigenvalue weighted by molar-refractivity contribution is 0.236. The van der Waals surface area contributed by atoms with Gasteiger partial charge in [0.25, 0.3) is 0 Å². The molecule has 0 atom stereocenters. The van der Waals surface area contributed by atoms with E-state index in [1.807, 2.05) is 18.2 Å². The number of hydrogen-bond acceptors (Lipinski definition) is 2. The Kier molecular flexibility index (Phi) is 7.39. The zero-order valence-corrected chi connectivity index (χ0v) is 14.1. The SMILES string of the molecule is CC(C)CCN(CCC(C)C)Cc1c(N)cccc1Cl. The molecular formula is C17H29ClN2. The first-order valence-electron chi connectivity index (χ1n) is 7.65. The van der Waals surface area contributed by atoms with Crippen LogP contribution in [0.1, 0.15) is 46.1 Å². The van der Waals surface area contributed by atoms with E-state index in [0.29, 0.717) is 0 Å². The number of rotatable bonds is 8. The first-order chi connectivity index (χ1) is 9.40. The molecule has 1 rings (SSSR count). The second-order valence-corrected chi connectivity index (χ2v) is 6.86. The first kappa shape index (κ1) is 17.3. The van der Waals surface area contributed by atoms with E-state index in [1.54, 1.807) is 0 Å². The van der Waals surface area contributed by atoms with Crippen LogP contribution in [-0.4, -0.2) is 18.0 Å². The minimum Gasteiger partial charge on any atom is -0.398 e. The molecule has 0 fully saturated rings. The second-order valence-electron chi connectivity index (χ2n) is 6.45. The van der Waals surface area contributed by atoms with Gasteiger partial charge in [-0.3, -0.25) is 4.90 Å². The van der Waals surface area contributed by atoms with E-state index in [-0.39, 0.29) is 0 Å². The van der Waals surface area contributed by atoms with Crippen LogP contribution in [0.3, 0.4) is 0 Å². The molecule has 0 aromatic heterocycles. The summed E-state index contributed by atoms with van der Waals surface area (Å²) in [5.74, 6) is 1.44. The Balaban J connectivity index is 2.71. The summed E-state index contributed by atoms with van der Waals surface area (Å²) in [5, 5.41) is 0.782. The zero-order valence-electron chi connectivity index (χ0n) is 13.3. The highest BCUT2D eigenvalue weighted by atomic mass is 35.5. The van der Waals surface area contributed by atoms with Crippen molar-refractivity contribution in [2.75, 3.05) is 18.8 Å². The molecule has 0 radical (unpaired) electrons. The summed E-state index contributed by atoms with van der Waals surface area (Å²) in [4.78, 5) is 2.48. The third-order valence-electron chi connectivity index (χ3n) is 3.58. The zero-order chi connectivity index (χ0) is 15.1. The molecule has 114 valence electrons. The van der Waals surface area contributed by atoms with Crippen molar-refractivity contribution >= 4 is 17.3 Å². The van der Waals surface area contributed by atoms with Gasteiger partial charge in [0.05, 0.1) is 0 Å². The van der Waals surface area contributed by atoms with Gasteiger partial charge >= 0.3 is 0 Å². The molecule has 0 bridgehead atoms. The molecule has 0 amide bonds. The number of anilines is 1. The third kappa shape index (κ3) is 6.15. The van der Waals surface area contributed by atoms with E-state index in [0.717, 1.165) is 47.7 Å². The molecule has 0 spiro atoms. The summed E-state index contributed by atoms with van der Waals surface area (Å²) in [6.07, 6.45) is 2.42. The van der Waals surface area contributed by atoms with E-state index in [2.05, 4.69) is 32.6 Å². The minimum atomic E-state index is 0.722. The van der Waals surface area contributed by atoms with Crippen LogP contribution < -0.4 is 5.73 Å². The molecule has 1 aromatic rings. The smallest absolute Gasteiger partial charge is 0.0471 e. The van der Waals surface area contributed by atoms with E-state index < -0.39 is 0 Å². The van der Waals surface area contributed by atoms with E-state index in [1.165, 1.54) is 12.8 Å². The second kappa shape index (κ2) is 8.53. The molecule has 0 aliphatic carbocycles. The van der Waals surface area contributed by atoms with Gasteiger partial charge in [-0.05, 0) is 49.9 Å². The molecule has 1 aromatic carbocycles. The monoisotopic (exact) mass is 296 g/mol. The Morgan fingerprint density at radius 2 is 1.60 bits per heavy atom. The van der Waals surface area contributed by atoms with Crippen LogP contribution in [-0.2, 0) is 6.54 Å². The summed E-state index contributed by atoms with van der Waals surface area (Å²) in [7, 11) is 0. The molecule has 20 heavy (non-hydrogen) atoms. The van der Waals surface area contributed by atoms with E-state index in [4.69, 9.17) is 17.3 Å². The molecule has 0 aliphatic rings. The number of nitrogens with zero attached hydrogens (tertiary/aromatic N) is 1. The molecule has 0 saturated heterocycles. The maximum absolute atomic E-state index is 6.29. The van der Waals surface area contributed by atoms with Gasteiger partial charge < -0.3 is 5.73 Å². The van der Waals surface area contributed by atoms with Crippen molar-refractivity contribution in [2.45, 2.75) is 47.1 Å². The Labute approximate surface area is 129 Å². The van der Waals surface area contributed by atoms with Gasteiger partial charge in [-0.1, -0.05) is 45.4 Å². The fourth-order valence-electron chi connectivity index (χ4n) is 2.12. The van der Waals surface area contributed by atoms with Crippen LogP contribution in [0, 0.1) is 11.8 Å². The Morgan fingerprint density at radius 3 is 2.05 bits per heavy atom. The largest absolute Gasteiger partial charge is 0.398 e. The van der Waals surface area contributed by atoms with Crippen LogP contribution in [0.4, 0.5) is 5.69 Å². The van der Waals surface area contributed by atoms with Crippen molar-refractivity contribution in [2.24, 2.45) is 11.8 Å². The van der Waals surface area contributed by atoms with Gasteiger partial charge in [-0.25, -0.2) is 0 Å². The molecule has 2 nitrogen and oxygen atoms in total. The topological polar surface area (TPSA) is 29.3 Å². The average Bonchev–Trinajstić information content (AvgIpc) is 2.35. The van der Waals surface area contributed by atoms with E-state index in [9.17, 15) is 0 Å². The van der Waals surface area contributed by atoms with Crippen LogP contribution in [0.2, 0.25) is 5.02 Å². The van der Waals surface area contributed by atoms with Crippen LogP contribution >= 0.6 is 11.6 Å². The van der Waals surface area contributed by atoms with Crippen molar-refractivity contribution in [3.05, 3.63) is 28.8 Å². The Morgan fingerprint density at radius 1 is 1.05 bits per heavy atom. The fourth-order valence-corrected chi connectivity index (χ4v) is 2.36. The van der Waals surface area contributed by atoms with Crippen molar-refractivity contribution in [3.63, 3.8) is 0 Å². The Hall–Kier alpha value is -0.730. The maximum atomic E-state index is 6.29. The van der Waals surface area contributed by atoms with Crippen LogP contribution in [0.5, 0.6) is 0 Å². The number of nitrogen functional groups attached to an aromatic ring is 1. The van der Waals surface area contributed by atoms with Crippen molar-refractivity contribution in [3.8, 4) is 0 Å². The molecule has 3 heteroatoms. The van der Waals surface area contributed by atoms with Crippen molar-refractivity contribution < 1.29 is 0 Å². The van der Waals surface area contributed by atoms with Gasteiger partial charge in [0.1, 0.15) is 0 Å². The lowest BCUT2D eigenvalue weighted by Gasteiger charge is -2.25. The van der Waals surface area contributed by atoms with E-state index >= 15 is 0 Å². The first-order valence-corrected chi connectivity index (χ1v) is 8.03. The van der Waals surface area contributed by atoms with Gasteiger partial charge in [0.2, 0.25) is 0 Å². The van der Waals surface area contributed by atoms with Gasteiger partial charge in [-0.15, -0.1) is 0 Å². The van der Waals surface area contributed by atoms with Crippen LogP contribution in [0.15, 0.2) is 18.2 Å². The lowest BCUT2D eigenvalue weighted by atomic mass is 10.1. The predicted molar refractivity (Wildman–Crippen MR) is 90.1 cm³/mol. The Bertz CT molecular complexity index is 370. The number of halogens is 1. The van der Waals surface area contributed by atoms with Crippen molar-refractivity contribution in [1.82, 2.24) is 4.90 Å². The molecule has 0 unspecified atom stereocenters. The highest BCUT2D eigenvalue weighted by Gasteiger charge is 2.12. The number of hydrogen-bond donors (Lipinski definition) is 1.